The van der Waals surface area contributed by atoms with Gasteiger partial charge in [0.05, 0.1) is 5.92 Å². The molecule has 1 N–H and O–H groups in total. The van der Waals surface area contributed by atoms with Gasteiger partial charge >= 0.3 is 6.01 Å². The highest BCUT2D eigenvalue weighted by Crippen LogP contribution is 2.26. The molecule has 124 valence electrons. The summed E-state index contributed by atoms with van der Waals surface area (Å²) in [7, 11) is 0. The quantitative estimate of drug-likeness (QED) is 0.681. The van der Waals surface area contributed by atoms with Crippen LogP contribution in [0.1, 0.15) is 43.7 Å². The first-order valence-electron chi connectivity index (χ1n) is 8.36. The molecule has 0 spiro atoms. The molecule has 0 radical (unpaired) electrons. The Kier molecular flexibility index (Phi) is 4.94. The van der Waals surface area contributed by atoms with Crippen molar-refractivity contribution in [2.75, 3.05) is 5.32 Å². The third-order valence-corrected chi connectivity index (χ3v) is 3.96. The van der Waals surface area contributed by atoms with Gasteiger partial charge in [-0.15, -0.1) is 5.10 Å². The minimum absolute atomic E-state index is 0.0666. The molecular formula is C20H23N3O. The number of nitrogens with one attached hydrogen (secondary N) is 1. The van der Waals surface area contributed by atoms with E-state index in [4.69, 9.17) is 4.42 Å². The van der Waals surface area contributed by atoms with Gasteiger partial charge in [-0.2, -0.15) is 0 Å². The first-order chi connectivity index (χ1) is 11.6. The molecule has 0 fully saturated rings. The zero-order chi connectivity index (χ0) is 16.9. The Morgan fingerprint density at radius 2 is 1.62 bits per heavy atom. The van der Waals surface area contributed by atoms with Gasteiger partial charge in [0.15, 0.2) is 0 Å². The summed E-state index contributed by atoms with van der Waals surface area (Å²) in [5, 5.41) is 11.4. The average molecular weight is 321 g/mol. The summed E-state index contributed by atoms with van der Waals surface area (Å²) >= 11 is 0. The SMILES string of the molecule is CC(C)Cc1ccc(C(C)c2nnc(Nc3ccccc3)o2)cc1. The smallest absolute Gasteiger partial charge is 0.320 e. The Balaban J connectivity index is 1.70. The highest BCUT2D eigenvalue weighted by atomic mass is 16.4. The van der Waals surface area contributed by atoms with Crippen LogP contribution in [0.4, 0.5) is 11.7 Å². The summed E-state index contributed by atoms with van der Waals surface area (Å²) in [6.07, 6.45) is 1.10. The average Bonchev–Trinajstić information content (AvgIpc) is 3.04. The first-order valence-corrected chi connectivity index (χ1v) is 8.36. The minimum atomic E-state index is 0.0666. The summed E-state index contributed by atoms with van der Waals surface area (Å²) in [6.45, 7) is 6.55. The van der Waals surface area contributed by atoms with E-state index in [9.17, 15) is 0 Å². The number of anilines is 2. The Morgan fingerprint density at radius 1 is 0.917 bits per heavy atom. The largest absolute Gasteiger partial charge is 0.407 e. The van der Waals surface area contributed by atoms with Crippen LogP contribution in [-0.2, 0) is 6.42 Å². The number of para-hydroxylation sites is 1. The molecule has 3 rings (SSSR count). The monoisotopic (exact) mass is 321 g/mol. The minimum Gasteiger partial charge on any atom is -0.407 e. The van der Waals surface area contributed by atoms with E-state index in [-0.39, 0.29) is 5.92 Å². The topological polar surface area (TPSA) is 51.0 Å². The molecule has 1 heterocycles. The molecule has 2 aromatic carbocycles. The van der Waals surface area contributed by atoms with Crippen molar-refractivity contribution < 1.29 is 4.42 Å². The Bertz CT molecular complexity index is 763. The molecule has 3 aromatic rings. The van der Waals surface area contributed by atoms with Gasteiger partial charge < -0.3 is 9.73 Å². The third-order valence-electron chi connectivity index (χ3n) is 3.96. The van der Waals surface area contributed by atoms with Gasteiger partial charge in [0.25, 0.3) is 0 Å². The van der Waals surface area contributed by atoms with Crippen LogP contribution in [0.15, 0.2) is 59.0 Å². The van der Waals surface area contributed by atoms with Gasteiger partial charge in [0, 0.05) is 5.69 Å². The van der Waals surface area contributed by atoms with E-state index < -0.39 is 0 Å². The fourth-order valence-corrected chi connectivity index (χ4v) is 2.66. The second kappa shape index (κ2) is 7.30. The van der Waals surface area contributed by atoms with Crippen molar-refractivity contribution in [1.82, 2.24) is 10.2 Å². The second-order valence-corrected chi connectivity index (χ2v) is 6.50. The van der Waals surface area contributed by atoms with E-state index in [2.05, 4.69) is 60.6 Å². The van der Waals surface area contributed by atoms with Gasteiger partial charge in [-0.25, -0.2) is 0 Å². The van der Waals surface area contributed by atoms with Gasteiger partial charge in [-0.1, -0.05) is 61.4 Å². The van der Waals surface area contributed by atoms with E-state index in [1.165, 1.54) is 11.1 Å². The maximum Gasteiger partial charge on any atom is 0.320 e. The van der Waals surface area contributed by atoms with Crippen LogP contribution in [0, 0.1) is 5.92 Å². The number of benzene rings is 2. The maximum atomic E-state index is 5.77. The summed E-state index contributed by atoms with van der Waals surface area (Å²) in [5.41, 5.74) is 3.47. The second-order valence-electron chi connectivity index (χ2n) is 6.50. The van der Waals surface area contributed by atoms with E-state index in [1.807, 2.05) is 30.3 Å². The molecule has 0 aliphatic heterocycles. The van der Waals surface area contributed by atoms with Gasteiger partial charge in [-0.05, 0) is 42.5 Å². The highest BCUT2D eigenvalue weighted by molar-refractivity contribution is 5.51. The molecule has 1 atom stereocenters. The first kappa shape index (κ1) is 16.2. The molecule has 24 heavy (non-hydrogen) atoms. The van der Waals surface area contributed by atoms with Crippen LogP contribution in [0.5, 0.6) is 0 Å². The Labute approximate surface area is 142 Å². The maximum absolute atomic E-state index is 5.77. The lowest BCUT2D eigenvalue weighted by molar-refractivity contribution is 0.493. The van der Waals surface area contributed by atoms with E-state index in [0.29, 0.717) is 17.8 Å². The lowest BCUT2D eigenvalue weighted by Gasteiger charge is -2.09. The van der Waals surface area contributed by atoms with Gasteiger partial charge in [0.2, 0.25) is 5.89 Å². The molecule has 1 unspecified atom stereocenters. The summed E-state index contributed by atoms with van der Waals surface area (Å²) in [6, 6.07) is 18.9. The van der Waals surface area contributed by atoms with Crippen LogP contribution in [-0.4, -0.2) is 10.2 Å². The molecule has 0 bridgehead atoms. The molecule has 0 saturated heterocycles. The van der Waals surface area contributed by atoms with Crippen LogP contribution in [0.3, 0.4) is 0 Å². The molecule has 4 nitrogen and oxygen atoms in total. The molecule has 1 aromatic heterocycles. The van der Waals surface area contributed by atoms with Crippen molar-refractivity contribution in [3.05, 3.63) is 71.6 Å². The van der Waals surface area contributed by atoms with Crippen LogP contribution < -0.4 is 5.32 Å². The summed E-state index contributed by atoms with van der Waals surface area (Å²) < 4.78 is 5.77. The third kappa shape index (κ3) is 4.02. The van der Waals surface area contributed by atoms with Crippen molar-refractivity contribution in [1.29, 1.82) is 0 Å². The van der Waals surface area contributed by atoms with Crippen LogP contribution in [0.2, 0.25) is 0 Å². The zero-order valence-corrected chi connectivity index (χ0v) is 14.4. The van der Waals surface area contributed by atoms with Crippen molar-refractivity contribution in [3.8, 4) is 0 Å². The summed E-state index contributed by atoms with van der Waals surface area (Å²) in [4.78, 5) is 0. The normalized spacial score (nSPS) is 12.3. The molecule has 0 amide bonds. The van der Waals surface area contributed by atoms with Crippen molar-refractivity contribution in [2.24, 2.45) is 5.92 Å². The van der Waals surface area contributed by atoms with Gasteiger partial charge in [0.1, 0.15) is 0 Å². The number of hydrogen-bond acceptors (Lipinski definition) is 4. The lowest BCUT2D eigenvalue weighted by atomic mass is 9.97. The Hall–Kier alpha value is -2.62. The molecule has 0 aliphatic rings. The zero-order valence-electron chi connectivity index (χ0n) is 14.4. The standard InChI is InChI=1S/C20H23N3O/c1-14(2)13-16-9-11-17(12-10-16)15(3)19-22-23-20(24-19)21-18-7-5-4-6-8-18/h4-12,14-15H,13H2,1-3H3,(H,21,23). The van der Waals surface area contributed by atoms with E-state index >= 15 is 0 Å². The van der Waals surface area contributed by atoms with Crippen molar-refractivity contribution in [3.63, 3.8) is 0 Å². The van der Waals surface area contributed by atoms with Crippen LogP contribution >= 0.6 is 0 Å². The predicted octanol–water partition coefficient (Wildman–Crippen LogP) is 5.16. The number of nitrogens with zero attached hydrogens (tertiary/aromatic N) is 2. The van der Waals surface area contributed by atoms with Crippen molar-refractivity contribution >= 4 is 11.7 Å². The molecule has 4 heteroatoms. The molecule has 0 saturated carbocycles. The lowest BCUT2D eigenvalue weighted by Crippen LogP contribution is -1.98. The van der Waals surface area contributed by atoms with Gasteiger partial charge in [-0.3, -0.25) is 0 Å². The van der Waals surface area contributed by atoms with E-state index in [0.717, 1.165) is 12.1 Å². The van der Waals surface area contributed by atoms with E-state index in [1.54, 1.807) is 0 Å². The molecule has 0 aliphatic carbocycles. The molecular weight excluding hydrogens is 298 g/mol. The van der Waals surface area contributed by atoms with Crippen LogP contribution in [0.25, 0.3) is 0 Å². The predicted molar refractivity (Wildman–Crippen MR) is 96.5 cm³/mol. The highest BCUT2D eigenvalue weighted by Gasteiger charge is 2.16. The van der Waals surface area contributed by atoms with Crippen molar-refractivity contribution in [2.45, 2.75) is 33.1 Å². The Morgan fingerprint density at radius 3 is 2.29 bits per heavy atom. The fourth-order valence-electron chi connectivity index (χ4n) is 2.66. The fraction of sp³-hybridized carbons (Fsp3) is 0.300. The number of rotatable bonds is 6. The number of hydrogen-bond donors (Lipinski definition) is 1. The number of aromatic nitrogens is 2. The summed E-state index contributed by atoms with van der Waals surface area (Å²) in [5.74, 6) is 1.35.